The molecule has 0 aromatic heterocycles. The Labute approximate surface area is 198 Å². The zero-order valence-electron chi connectivity index (χ0n) is 18.2. The van der Waals surface area contributed by atoms with Crippen molar-refractivity contribution < 1.29 is 32.6 Å². The van der Waals surface area contributed by atoms with Gasteiger partial charge in [0.05, 0.1) is 0 Å². The minimum Gasteiger partial charge on any atom is -0.395 e. The SMILES string of the molecule is O=C(CN1C(=O)NC(Cc2ccccc2)(c2ccccc2)C1=O)Nc1ccc2c(c1)OC(F)(F)O2. The molecule has 2 N–H and O–H groups in total. The lowest BCUT2D eigenvalue weighted by atomic mass is 9.83. The summed E-state index contributed by atoms with van der Waals surface area (Å²) in [5.74, 6) is -1.68. The molecule has 1 unspecified atom stereocenters. The Morgan fingerprint density at radius 3 is 2.29 bits per heavy atom. The Bertz CT molecular complexity index is 1300. The van der Waals surface area contributed by atoms with Crippen molar-refractivity contribution in [3.63, 3.8) is 0 Å². The van der Waals surface area contributed by atoms with Crippen LogP contribution in [0.1, 0.15) is 11.1 Å². The van der Waals surface area contributed by atoms with Crippen molar-refractivity contribution in [2.24, 2.45) is 0 Å². The van der Waals surface area contributed by atoms with Crippen molar-refractivity contribution >= 4 is 23.5 Å². The van der Waals surface area contributed by atoms with Crippen molar-refractivity contribution in [2.45, 2.75) is 18.3 Å². The van der Waals surface area contributed by atoms with Crippen LogP contribution < -0.4 is 20.1 Å². The van der Waals surface area contributed by atoms with E-state index < -0.39 is 36.2 Å². The van der Waals surface area contributed by atoms with Crippen LogP contribution in [0.2, 0.25) is 0 Å². The number of rotatable bonds is 6. The van der Waals surface area contributed by atoms with Gasteiger partial charge < -0.3 is 20.1 Å². The number of hydrogen-bond donors (Lipinski definition) is 2. The molecule has 10 heteroatoms. The van der Waals surface area contributed by atoms with E-state index in [1.165, 1.54) is 18.2 Å². The summed E-state index contributed by atoms with van der Waals surface area (Å²) >= 11 is 0. The minimum atomic E-state index is -3.79. The normalized spacial score (nSPS) is 20.0. The fourth-order valence-electron chi connectivity index (χ4n) is 4.18. The van der Waals surface area contributed by atoms with Crippen LogP contribution in [0.5, 0.6) is 11.5 Å². The first-order valence-electron chi connectivity index (χ1n) is 10.7. The number of benzene rings is 3. The summed E-state index contributed by atoms with van der Waals surface area (Å²) in [6.45, 7) is -0.571. The van der Waals surface area contributed by atoms with Gasteiger partial charge in [0.25, 0.3) is 5.91 Å². The molecule has 35 heavy (non-hydrogen) atoms. The summed E-state index contributed by atoms with van der Waals surface area (Å²) in [6.07, 6.45) is -3.60. The number of imide groups is 1. The largest absolute Gasteiger partial charge is 0.586 e. The molecule has 8 nitrogen and oxygen atoms in total. The molecule has 0 saturated carbocycles. The molecule has 0 radical (unpaired) electrons. The topological polar surface area (TPSA) is 97.0 Å². The average molecular weight is 479 g/mol. The van der Waals surface area contributed by atoms with Crippen molar-refractivity contribution in [1.29, 1.82) is 0 Å². The highest BCUT2D eigenvalue weighted by Gasteiger charge is 2.52. The Hall–Kier alpha value is -4.47. The number of nitrogens with zero attached hydrogens (tertiary/aromatic N) is 1. The number of anilines is 1. The van der Waals surface area contributed by atoms with Crippen LogP contribution in [-0.4, -0.2) is 35.6 Å². The number of halogens is 2. The van der Waals surface area contributed by atoms with E-state index in [-0.39, 0.29) is 23.6 Å². The van der Waals surface area contributed by atoms with Gasteiger partial charge in [-0.1, -0.05) is 60.7 Å². The molecule has 1 saturated heterocycles. The molecule has 0 spiro atoms. The number of alkyl halides is 2. The van der Waals surface area contributed by atoms with Gasteiger partial charge in [-0.25, -0.2) is 4.79 Å². The van der Waals surface area contributed by atoms with E-state index in [1.807, 2.05) is 30.3 Å². The third-order valence-electron chi connectivity index (χ3n) is 5.74. The minimum absolute atomic E-state index is 0.140. The van der Waals surface area contributed by atoms with E-state index in [4.69, 9.17) is 0 Å². The molecule has 2 heterocycles. The third-order valence-corrected chi connectivity index (χ3v) is 5.74. The van der Waals surface area contributed by atoms with E-state index in [1.54, 1.807) is 30.3 Å². The number of ether oxygens (including phenoxy) is 2. The lowest BCUT2D eigenvalue weighted by Gasteiger charge is -2.27. The fraction of sp³-hybridized carbons (Fsp3) is 0.160. The van der Waals surface area contributed by atoms with Crippen molar-refractivity contribution in [1.82, 2.24) is 10.2 Å². The molecule has 4 amide bonds. The summed E-state index contributed by atoms with van der Waals surface area (Å²) in [5.41, 5.74) is 0.167. The van der Waals surface area contributed by atoms with Gasteiger partial charge in [0.1, 0.15) is 6.54 Å². The smallest absolute Gasteiger partial charge is 0.395 e. The van der Waals surface area contributed by atoms with Crippen molar-refractivity contribution in [2.75, 3.05) is 11.9 Å². The highest BCUT2D eigenvalue weighted by molar-refractivity contribution is 6.10. The first kappa shape index (κ1) is 22.3. The lowest BCUT2D eigenvalue weighted by molar-refractivity contribution is -0.286. The highest BCUT2D eigenvalue weighted by Crippen LogP contribution is 2.42. The second-order valence-corrected chi connectivity index (χ2v) is 8.13. The molecule has 0 aliphatic carbocycles. The molecule has 0 bridgehead atoms. The van der Waals surface area contributed by atoms with E-state index >= 15 is 0 Å². The molecular formula is C25H19F2N3O5. The van der Waals surface area contributed by atoms with Crippen molar-refractivity contribution in [3.8, 4) is 11.5 Å². The maximum absolute atomic E-state index is 13.6. The van der Waals surface area contributed by atoms with Crippen LogP contribution in [0.4, 0.5) is 19.3 Å². The molecular weight excluding hydrogens is 460 g/mol. The summed E-state index contributed by atoms with van der Waals surface area (Å²) in [6, 6.07) is 21.1. The molecule has 1 fully saturated rings. The summed E-state index contributed by atoms with van der Waals surface area (Å²) in [4.78, 5) is 40.0. The average Bonchev–Trinajstić information content (AvgIpc) is 3.27. The zero-order valence-corrected chi connectivity index (χ0v) is 18.2. The Balaban J connectivity index is 1.36. The number of carbonyl (C=O) groups is 3. The molecule has 5 rings (SSSR count). The maximum atomic E-state index is 13.6. The molecule has 2 aliphatic rings. The lowest BCUT2D eigenvalue weighted by Crippen LogP contribution is -2.46. The molecule has 3 aromatic rings. The molecule has 1 atom stereocenters. The number of hydrogen-bond acceptors (Lipinski definition) is 5. The maximum Gasteiger partial charge on any atom is 0.586 e. The monoisotopic (exact) mass is 479 g/mol. The summed E-state index contributed by atoms with van der Waals surface area (Å²) in [7, 11) is 0. The second-order valence-electron chi connectivity index (χ2n) is 8.13. The number of carbonyl (C=O) groups excluding carboxylic acids is 3. The standard InChI is InChI=1S/C25H19F2N3O5/c26-25(27)34-19-12-11-18(13-20(19)35-25)28-21(31)15-30-22(32)24(29-23(30)33,17-9-5-2-6-10-17)14-16-7-3-1-4-8-16/h1-13H,14-15H2,(H,28,31)(H,29,33). The Morgan fingerprint density at radius 1 is 0.914 bits per heavy atom. The van der Waals surface area contributed by atoms with Crippen LogP contribution in [0.3, 0.4) is 0 Å². The van der Waals surface area contributed by atoms with Gasteiger partial charge in [0.2, 0.25) is 5.91 Å². The number of amides is 4. The van der Waals surface area contributed by atoms with Crippen molar-refractivity contribution in [3.05, 3.63) is 90.0 Å². The highest BCUT2D eigenvalue weighted by atomic mass is 19.3. The predicted molar refractivity (Wildman–Crippen MR) is 120 cm³/mol. The summed E-state index contributed by atoms with van der Waals surface area (Å²) in [5, 5.41) is 5.27. The van der Waals surface area contributed by atoms with E-state index in [2.05, 4.69) is 20.1 Å². The number of fused-ring (bicyclic) bond motifs is 1. The molecule has 2 aliphatic heterocycles. The van der Waals surface area contributed by atoms with E-state index in [9.17, 15) is 23.2 Å². The predicted octanol–water partition coefficient (Wildman–Crippen LogP) is 3.64. The van der Waals surface area contributed by atoms with Crippen LogP contribution >= 0.6 is 0 Å². The molecule has 3 aromatic carbocycles. The number of nitrogens with one attached hydrogen (secondary N) is 2. The van der Waals surface area contributed by atoms with Crippen LogP contribution in [0.25, 0.3) is 0 Å². The van der Waals surface area contributed by atoms with Gasteiger partial charge in [-0.05, 0) is 23.3 Å². The van der Waals surface area contributed by atoms with Gasteiger partial charge in [-0.2, -0.15) is 0 Å². The molecule has 178 valence electrons. The van der Waals surface area contributed by atoms with Gasteiger partial charge in [0.15, 0.2) is 17.0 Å². The Kier molecular flexibility index (Phi) is 5.35. The summed E-state index contributed by atoms with van der Waals surface area (Å²) < 4.78 is 35.2. The van der Waals surface area contributed by atoms with Crippen LogP contribution in [0, 0.1) is 0 Å². The van der Waals surface area contributed by atoms with Crippen LogP contribution in [-0.2, 0) is 21.5 Å². The Morgan fingerprint density at radius 2 is 1.57 bits per heavy atom. The fourth-order valence-corrected chi connectivity index (χ4v) is 4.18. The third kappa shape index (κ3) is 4.25. The van der Waals surface area contributed by atoms with Gasteiger partial charge in [-0.15, -0.1) is 8.78 Å². The first-order chi connectivity index (χ1) is 16.8. The van der Waals surface area contributed by atoms with Gasteiger partial charge in [0, 0.05) is 18.2 Å². The first-order valence-corrected chi connectivity index (χ1v) is 10.7. The van der Waals surface area contributed by atoms with E-state index in [0.717, 1.165) is 10.5 Å². The van der Waals surface area contributed by atoms with Gasteiger partial charge in [-0.3, -0.25) is 14.5 Å². The van der Waals surface area contributed by atoms with E-state index in [0.29, 0.717) is 5.56 Å². The van der Waals surface area contributed by atoms with Gasteiger partial charge >= 0.3 is 12.3 Å². The quantitative estimate of drug-likeness (QED) is 0.527. The number of urea groups is 1. The second kappa shape index (κ2) is 8.39. The van der Waals surface area contributed by atoms with Crippen LogP contribution in [0.15, 0.2) is 78.9 Å². The zero-order chi connectivity index (χ0) is 24.6.